The van der Waals surface area contributed by atoms with Crippen LogP contribution in [0.5, 0.6) is 0 Å². The van der Waals surface area contributed by atoms with E-state index in [2.05, 4.69) is 5.32 Å². The Morgan fingerprint density at radius 3 is 2.91 bits per heavy atom. The number of halogens is 1. The Hall–Kier alpha value is -1.36. The van der Waals surface area contributed by atoms with Crippen LogP contribution in [0.2, 0.25) is 5.02 Å². The molecule has 0 saturated carbocycles. The summed E-state index contributed by atoms with van der Waals surface area (Å²) in [5.74, 6) is 0.0666. The van der Waals surface area contributed by atoms with Gasteiger partial charge in [-0.25, -0.2) is 0 Å². The van der Waals surface area contributed by atoms with E-state index in [0.717, 1.165) is 28.6 Å². The standard InChI is InChI=1S/C17H19ClN2OS/c1-12(16-7-4-10-22-16)17(21)20-9-8-19-11-15(20)13-5-2-3-6-14(13)18/h2-7,10,12,15,19H,8-9,11H2,1H3. The molecule has 116 valence electrons. The minimum absolute atomic E-state index is 0.00244. The molecule has 2 unspecified atom stereocenters. The monoisotopic (exact) mass is 334 g/mol. The molecular weight excluding hydrogens is 316 g/mol. The molecule has 2 aromatic rings. The second-order valence-corrected chi connectivity index (χ2v) is 6.90. The van der Waals surface area contributed by atoms with Crippen LogP contribution in [0.25, 0.3) is 0 Å². The summed E-state index contributed by atoms with van der Waals surface area (Å²) in [6.07, 6.45) is 0. The Bertz CT molecular complexity index is 644. The van der Waals surface area contributed by atoms with E-state index < -0.39 is 0 Å². The fourth-order valence-electron chi connectivity index (χ4n) is 2.90. The zero-order valence-electron chi connectivity index (χ0n) is 12.5. The van der Waals surface area contributed by atoms with Gasteiger partial charge in [0.2, 0.25) is 5.91 Å². The van der Waals surface area contributed by atoms with Crippen LogP contribution >= 0.6 is 22.9 Å². The molecule has 3 rings (SSSR count). The Morgan fingerprint density at radius 1 is 1.36 bits per heavy atom. The maximum Gasteiger partial charge on any atom is 0.231 e. The SMILES string of the molecule is CC(C(=O)N1CCNCC1c1ccccc1Cl)c1cccs1. The van der Waals surface area contributed by atoms with Crippen LogP contribution in [0.1, 0.15) is 29.3 Å². The largest absolute Gasteiger partial charge is 0.332 e. The van der Waals surface area contributed by atoms with E-state index in [9.17, 15) is 4.79 Å². The fourth-order valence-corrected chi connectivity index (χ4v) is 3.94. The number of thiophene rings is 1. The van der Waals surface area contributed by atoms with Crippen LogP contribution in [0.15, 0.2) is 41.8 Å². The summed E-state index contributed by atoms with van der Waals surface area (Å²) in [7, 11) is 0. The maximum atomic E-state index is 13.0. The predicted molar refractivity (Wildman–Crippen MR) is 91.5 cm³/mol. The van der Waals surface area contributed by atoms with Crippen molar-refractivity contribution in [3.05, 3.63) is 57.2 Å². The van der Waals surface area contributed by atoms with Gasteiger partial charge in [-0.15, -0.1) is 11.3 Å². The number of nitrogens with zero attached hydrogens (tertiary/aromatic N) is 1. The van der Waals surface area contributed by atoms with E-state index in [1.54, 1.807) is 11.3 Å². The molecule has 2 heterocycles. The molecule has 0 aliphatic carbocycles. The highest BCUT2D eigenvalue weighted by molar-refractivity contribution is 7.10. The molecule has 0 radical (unpaired) electrons. The third-order valence-electron chi connectivity index (χ3n) is 4.13. The lowest BCUT2D eigenvalue weighted by Gasteiger charge is -2.38. The van der Waals surface area contributed by atoms with Crippen molar-refractivity contribution < 1.29 is 4.79 Å². The second kappa shape index (κ2) is 6.82. The van der Waals surface area contributed by atoms with E-state index >= 15 is 0 Å². The van der Waals surface area contributed by atoms with Crippen molar-refractivity contribution in [3.8, 4) is 0 Å². The van der Waals surface area contributed by atoms with Gasteiger partial charge in [-0.3, -0.25) is 4.79 Å². The molecule has 5 heteroatoms. The van der Waals surface area contributed by atoms with Crippen molar-refractivity contribution in [1.82, 2.24) is 10.2 Å². The van der Waals surface area contributed by atoms with Gasteiger partial charge < -0.3 is 10.2 Å². The first-order valence-electron chi connectivity index (χ1n) is 7.47. The van der Waals surface area contributed by atoms with Crippen LogP contribution in [-0.4, -0.2) is 30.4 Å². The minimum Gasteiger partial charge on any atom is -0.332 e. The van der Waals surface area contributed by atoms with Crippen molar-refractivity contribution in [1.29, 1.82) is 0 Å². The molecule has 1 N–H and O–H groups in total. The average molecular weight is 335 g/mol. The van der Waals surface area contributed by atoms with Crippen LogP contribution in [-0.2, 0) is 4.79 Å². The lowest BCUT2D eigenvalue weighted by atomic mass is 10.00. The average Bonchev–Trinajstić information content (AvgIpc) is 3.08. The number of amides is 1. The van der Waals surface area contributed by atoms with Crippen molar-refractivity contribution >= 4 is 28.8 Å². The summed E-state index contributed by atoms with van der Waals surface area (Å²) >= 11 is 7.98. The smallest absolute Gasteiger partial charge is 0.231 e. The van der Waals surface area contributed by atoms with Crippen molar-refractivity contribution in [2.24, 2.45) is 0 Å². The Balaban J connectivity index is 1.87. The van der Waals surface area contributed by atoms with Gasteiger partial charge in [0.1, 0.15) is 0 Å². The molecule has 1 fully saturated rings. The van der Waals surface area contributed by atoms with Crippen molar-refractivity contribution in [3.63, 3.8) is 0 Å². The third-order valence-corrected chi connectivity index (χ3v) is 5.53. The molecule has 0 spiro atoms. The normalized spacial score (nSPS) is 19.9. The highest BCUT2D eigenvalue weighted by atomic mass is 35.5. The molecule has 1 saturated heterocycles. The number of rotatable bonds is 3. The van der Waals surface area contributed by atoms with E-state index in [1.807, 2.05) is 53.6 Å². The van der Waals surface area contributed by atoms with E-state index in [1.165, 1.54) is 0 Å². The summed E-state index contributed by atoms with van der Waals surface area (Å²) < 4.78 is 0. The van der Waals surface area contributed by atoms with Crippen LogP contribution < -0.4 is 5.32 Å². The lowest BCUT2D eigenvalue weighted by molar-refractivity contribution is -0.135. The van der Waals surface area contributed by atoms with Gasteiger partial charge in [-0.2, -0.15) is 0 Å². The van der Waals surface area contributed by atoms with E-state index in [-0.39, 0.29) is 17.9 Å². The second-order valence-electron chi connectivity index (χ2n) is 5.51. The summed E-state index contributed by atoms with van der Waals surface area (Å²) in [5.41, 5.74) is 1.02. The van der Waals surface area contributed by atoms with Gasteiger partial charge in [0, 0.05) is 29.5 Å². The number of benzene rings is 1. The molecule has 0 bridgehead atoms. The predicted octanol–water partition coefficient (Wildman–Crippen LogP) is 3.68. The number of hydrogen-bond acceptors (Lipinski definition) is 3. The lowest BCUT2D eigenvalue weighted by Crippen LogP contribution is -2.49. The van der Waals surface area contributed by atoms with Gasteiger partial charge in [-0.05, 0) is 30.0 Å². The first-order chi connectivity index (χ1) is 10.7. The molecule has 1 aromatic carbocycles. The first kappa shape index (κ1) is 15.5. The topological polar surface area (TPSA) is 32.3 Å². The quantitative estimate of drug-likeness (QED) is 0.928. The summed E-state index contributed by atoms with van der Waals surface area (Å²) in [6, 6.07) is 11.8. The Morgan fingerprint density at radius 2 is 2.18 bits per heavy atom. The molecule has 1 aliphatic heterocycles. The number of piperazine rings is 1. The number of hydrogen-bond donors (Lipinski definition) is 1. The van der Waals surface area contributed by atoms with E-state index in [0.29, 0.717) is 6.54 Å². The first-order valence-corrected chi connectivity index (χ1v) is 8.73. The summed E-state index contributed by atoms with van der Waals surface area (Å²) in [5, 5.41) is 6.11. The number of carbonyl (C=O) groups excluding carboxylic acids is 1. The van der Waals surface area contributed by atoms with Crippen molar-refractivity contribution in [2.45, 2.75) is 18.9 Å². The van der Waals surface area contributed by atoms with Gasteiger partial charge in [-0.1, -0.05) is 35.9 Å². The Labute approximate surface area is 139 Å². The summed E-state index contributed by atoms with van der Waals surface area (Å²) in [4.78, 5) is 16.0. The highest BCUT2D eigenvalue weighted by Crippen LogP contribution is 2.32. The van der Waals surface area contributed by atoms with Crippen LogP contribution in [0.3, 0.4) is 0 Å². The molecule has 1 amide bonds. The van der Waals surface area contributed by atoms with Gasteiger partial charge in [0.25, 0.3) is 0 Å². The molecule has 1 aromatic heterocycles. The van der Waals surface area contributed by atoms with Gasteiger partial charge in [0.05, 0.1) is 12.0 Å². The molecule has 1 aliphatic rings. The van der Waals surface area contributed by atoms with Gasteiger partial charge >= 0.3 is 0 Å². The van der Waals surface area contributed by atoms with Crippen LogP contribution in [0.4, 0.5) is 0 Å². The molecule has 3 nitrogen and oxygen atoms in total. The Kier molecular flexibility index (Phi) is 4.81. The third kappa shape index (κ3) is 3.05. The molecule has 2 atom stereocenters. The minimum atomic E-state index is -0.108. The molecular formula is C17H19ClN2OS. The number of nitrogens with one attached hydrogen (secondary N) is 1. The summed E-state index contributed by atoms with van der Waals surface area (Å²) in [6.45, 7) is 4.26. The molecule has 22 heavy (non-hydrogen) atoms. The number of carbonyl (C=O) groups is 1. The zero-order chi connectivity index (χ0) is 15.5. The zero-order valence-corrected chi connectivity index (χ0v) is 14.0. The maximum absolute atomic E-state index is 13.0. The van der Waals surface area contributed by atoms with Crippen LogP contribution in [0, 0.1) is 0 Å². The van der Waals surface area contributed by atoms with Gasteiger partial charge in [0.15, 0.2) is 0 Å². The van der Waals surface area contributed by atoms with E-state index in [4.69, 9.17) is 11.6 Å². The van der Waals surface area contributed by atoms with Crippen molar-refractivity contribution in [2.75, 3.05) is 19.6 Å². The highest BCUT2D eigenvalue weighted by Gasteiger charge is 2.32. The fraction of sp³-hybridized carbons (Fsp3) is 0.353.